The number of rotatable bonds is 5. The molecule has 2 heterocycles. The molecule has 0 aliphatic carbocycles. The SMILES string of the molecule is CN(Cc1nc2ccccc2[nH]1)C(=O)c1cccnc1Nc1cccc(C(F)(F)F)c1. The molecule has 0 unspecified atom stereocenters. The van der Waals surface area contributed by atoms with Crippen LogP contribution in [-0.2, 0) is 12.7 Å². The Morgan fingerprint density at radius 3 is 2.68 bits per heavy atom. The number of carbonyl (C=O) groups is 1. The van der Waals surface area contributed by atoms with Crippen LogP contribution in [0.5, 0.6) is 0 Å². The molecule has 4 rings (SSSR count). The fourth-order valence-electron chi connectivity index (χ4n) is 3.17. The third-order valence-corrected chi connectivity index (χ3v) is 4.66. The minimum Gasteiger partial charge on any atom is -0.340 e. The molecule has 31 heavy (non-hydrogen) atoms. The average Bonchev–Trinajstić information content (AvgIpc) is 3.15. The molecule has 0 bridgehead atoms. The molecule has 2 aromatic carbocycles. The van der Waals surface area contributed by atoms with Gasteiger partial charge in [0.05, 0.1) is 28.7 Å². The molecule has 6 nitrogen and oxygen atoms in total. The number of carbonyl (C=O) groups excluding carboxylic acids is 1. The number of amides is 1. The van der Waals surface area contributed by atoms with Crippen molar-refractivity contribution in [2.75, 3.05) is 12.4 Å². The van der Waals surface area contributed by atoms with Crippen LogP contribution in [0, 0.1) is 0 Å². The fraction of sp³-hybridized carbons (Fsp3) is 0.136. The van der Waals surface area contributed by atoms with Crippen molar-refractivity contribution in [2.45, 2.75) is 12.7 Å². The zero-order valence-electron chi connectivity index (χ0n) is 16.4. The number of nitrogens with zero attached hydrogens (tertiary/aromatic N) is 3. The number of pyridine rings is 1. The topological polar surface area (TPSA) is 73.9 Å². The van der Waals surface area contributed by atoms with Crippen LogP contribution in [0.4, 0.5) is 24.7 Å². The molecule has 9 heteroatoms. The first-order valence-electron chi connectivity index (χ1n) is 9.39. The van der Waals surface area contributed by atoms with E-state index in [9.17, 15) is 18.0 Å². The Labute approximate surface area is 175 Å². The highest BCUT2D eigenvalue weighted by molar-refractivity contribution is 5.99. The summed E-state index contributed by atoms with van der Waals surface area (Å²) in [7, 11) is 1.62. The average molecular weight is 425 g/mol. The van der Waals surface area contributed by atoms with Crippen molar-refractivity contribution in [2.24, 2.45) is 0 Å². The normalized spacial score (nSPS) is 11.5. The van der Waals surface area contributed by atoms with Gasteiger partial charge in [-0.25, -0.2) is 9.97 Å². The molecule has 0 saturated carbocycles. The summed E-state index contributed by atoms with van der Waals surface area (Å²) in [6.07, 6.45) is -3.00. The van der Waals surface area contributed by atoms with E-state index in [2.05, 4.69) is 20.3 Å². The van der Waals surface area contributed by atoms with Gasteiger partial charge in [0.1, 0.15) is 11.6 Å². The molecule has 0 fully saturated rings. The van der Waals surface area contributed by atoms with E-state index in [0.717, 1.165) is 23.2 Å². The number of anilines is 2. The molecule has 0 radical (unpaired) electrons. The summed E-state index contributed by atoms with van der Waals surface area (Å²) < 4.78 is 39.0. The molecule has 0 atom stereocenters. The van der Waals surface area contributed by atoms with Gasteiger partial charge in [0.25, 0.3) is 5.91 Å². The Morgan fingerprint density at radius 1 is 1.10 bits per heavy atom. The molecule has 4 aromatic rings. The zero-order valence-corrected chi connectivity index (χ0v) is 16.4. The van der Waals surface area contributed by atoms with E-state index in [1.54, 1.807) is 19.2 Å². The number of aromatic nitrogens is 3. The number of benzene rings is 2. The summed E-state index contributed by atoms with van der Waals surface area (Å²) >= 11 is 0. The van der Waals surface area contributed by atoms with Crippen LogP contribution < -0.4 is 5.32 Å². The van der Waals surface area contributed by atoms with Crippen LogP contribution in [0.3, 0.4) is 0 Å². The van der Waals surface area contributed by atoms with Crippen molar-refractivity contribution in [3.63, 3.8) is 0 Å². The van der Waals surface area contributed by atoms with Crippen molar-refractivity contribution in [1.29, 1.82) is 0 Å². The Morgan fingerprint density at radius 2 is 1.90 bits per heavy atom. The Hall–Kier alpha value is -3.88. The first-order chi connectivity index (χ1) is 14.8. The minimum atomic E-state index is -4.47. The van der Waals surface area contributed by atoms with Crippen LogP contribution >= 0.6 is 0 Å². The number of fused-ring (bicyclic) bond motifs is 1. The lowest BCUT2D eigenvalue weighted by atomic mass is 10.1. The molecule has 0 aliphatic rings. The quantitative estimate of drug-likeness (QED) is 0.472. The Kier molecular flexibility index (Phi) is 5.33. The number of halogens is 3. The predicted octanol–water partition coefficient (Wildman–Crippen LogP) is 4.99. The largest absolute Gasteiger partial charge is 0.416 e. The van der Waals surface area contributed by atoms with Crippen molar-refractivity contribution < 1.29 is 18.0 Å². The van der Waals surface area contributed by atoms with Crippen LogP contribution in [0.25, 0.3) is 11.0 Å². The fourth-order valence-corrected chi connectivity index (χ4v) is 3.17. The summed E-state index contributed by atoms with van der Waals surface area (Å²) in [6, 6.07) is 15.4. The Bertz CT molecular complexity index is 1200. The van der Waals surface area contributed by atoms with Gasteiger partial charge in [-0.3, -0.25) is 4.79 Å². The van der Waals surface area contributed by atoms with Gasteiger partial charge in [-0.2, -0.15) is 13.2 Å². The monoisotopic (exact) mass is 425 g/mol. The van der Waals surface area contributed by atoms with Gasteiger partial charge in [-0.1, -0.05) is 18.2 Å². The summed E-state index contributed by atoms with van der Waals surface area (Å²) in [5.74, 6) is 0.444. The highest BCUT2D eigenvalue weighted by atomic mass is 19.4. The number of H-pyrrole nitrogens is 1. The smallest absolute Gasteiger partial charge is 0.340 e. The second-order valence-corrected chi connectivity index (χ2v) is 6.96. The molecule has 0 spiro atoms. The molecule has 158 valence electrons. The van der Waals surface area contributed by atoms with Crippen LogP contribution in [0.1, 0.15) is 21.7 Å². The van der Waals surface area contributed by atoms with Gasteiger partial charge in [-0.05, 0) is 42.5 Å². The van der Waals surface area contributed by atoms with Crippen LogP contribution in [0.2, 0.25) is 0 Å². The molecule has 1 amide bonds. The second kappa shape index (κ2) is 8.10. The standard InChI is InChI=1S/C22H18F3N5O/c1-30(13-19-28-17-9-2-3-10-18(17)29-19)21(31)16-8-5-11-26-20(16)27-15-7-4-6-14(12-15)22(23,24)25/h2-12H,13H2,1H3,(H,26,27)(H,28,29). The van der Waals surface area contributed by atoms with Gasteiger partial charge in [0.15, 0.2) is 0 Å². The highest BCUT2D eigenvalue weighted by Crippen LogP contribution is 2.31. The summed E-state index contributed by atoms with van der Waals surface area (Å²) in [4.78, 5) is 26.3. The van der Waals surface area contributed by atoms with E-state index in [1.807, 2.05) is 24.3 Å². The van der Waals surface area contributed by atoms with Gasteiger partial charge in [-0.15, -0.1) is 0 Å². The lowest BCUT2D eigenvalue weighted by molar-refractivity contribution is -0.137. The number of para-hydroxylation sites is 2. The van der Waals surface area contributed by atoms with Gasteiger partial charge >= 0.3 is 6.18 Å². The van der Waals surface area contributed by atoms with E-state index in [0.29, 0.717) is 5.82 Å². The third kappa shape index (κ3) is 4.50. The first kappa shape index (κ1) is 20.4. The van der Waals surface area contributed by atoms with Gasteiger partial charge in [0, 0.05) is 18.9 Å². The summed E-state index contributed by atoms with van der Waals surface area (Å²) in [5.41, 5.74) is 1.29. The van der Waals surface area contributed by atoms with Gasteiger partial charge in [0.2, 0.25) is 0 Å². The van der Waals surface area contributed by atoms with Crippen LogP contribution in [0.15, 0.2) is 66.9 Å². The maximum atomic E-state index is 13.0. The lowest BCUT2D eigenvalue weighted by Gasteiger charge is -2.18. The molecular formula is C22H18F3N5O. The molecule has 0 saturated heterocycles. The predicted molar refractivity (Wildman–Crippen MR) is 111 cm³/mol. The maximum absolute atomic E-state index is 13.0. The van der Waals surface area contributed by atoms with Crippen molar-refractivity contribution in [1.82, 2.24) is 19.9 Å². The van der Waals surface area contributed by atoms with Crippen molar-refractivity contribution in [3.8, 4) is 0 Å². The zero-order chi connectivity index (χ0) is 22.0. The Balaban J connectivity index is 1.55. The molecule has 2 N–H and O–H groups in total. The molecule has 0 aliphatic heterocycles. The van der Waals surface area contributed by atoms with E-state index < -0.39 is 11.7 Å². The van der Waals surface area contributed by atoms with E-state index in [-0.39, 0.29) is 29.5 Å². The first-order valence-corrected chi connectivity index (χ1v) is 9.39. The third-order valence-electron chi connectivity index (χ3n) is 4.66. The number of nitrogens with one attached hydrogen (secondary N) is 2. The lowest BCUT2D eigenvalue weighted by Crippen LogP contribution is -2.27. The minimum absolute atomic E-state index is 0.170. The molecular weight excluding hydrogens is 407 g/mol. The summed E-state index contributed by atoms with van der Waals surface area (Å²) in [5, 5.41) is 2.82. The summed E-state index contributed by atoms with van der Waals surface area (Å²) in [6.45, 7) is 0.228. The number of imidazole rings is 1. The molecule has 2 aromatic heterocycles. The van der Waals surface area contributed by atoms with Crippen LogP contribution in [-0.4, -0.2) is 32.8 Å². The van der Waals surface area contributed by atoms with Crippen molar-refractivity contribution in [3.05, 3.63) is 83.8 Å². The number of aromatic amines is 1. The van der Waals surface area contributed by atoms with E-state index >= 15 is 0 Å². The highest BCUT2D eigenvalue weighted by Gasteiger charge is 2.30. The second-order valence-electron chi connectivity index (χ2n) is 6.96. The van der Waals surface area contributed by atoms with E-state index in [1.165, 1.54) is 23.2 Å². The maximum Gasteiger partial charge on any atom is 0.416 e. The number of alkyl halides is 3. The van der Waals surface area contributed by atoms with E-state index in [4.69, 9.17) is 0 Å². The van der Waals surface area contributed by atoms with Gasteiger partial charge < -0.3 is 15.2 Å². The van der Waals surface area contributed by atoms with Crippen molar-refractivity contribution >= 4 is 28.4 Å². The number of hydrogen-bond acceptors (Lipinski definition) is 4. The number of hydrogen-bond donors (Lipinski definition) is 2.